The number of anilines is 1. The van der Waals surface area contributed by atoms with Gasteiger partial charge in [-0.15, -0.1) is 0 Å². The minimum absolute atomic E-state index is 0.163. The maximum Gasteiger partial charge on any atom is 0.433 e. The molecule has 0 amide bonds. The van der Waals surface area contributed by atoms with Crippen molar-refractivity contribution in [2.45, 2.75) is 50.6 Å². The fourth-order valence-electron chi connectivity index (χ4n) is 4.49. The van der Waals surface area contributed by atoms with Gasteiger partial charge in [0.2, 0.25) is 0 Å². The highest BCUT2D eigenvalue weighted by molar-refractivity contribution is 6.30. The Bertz CT molecular complexity index is 872. The van der Waals surface area contributed by atoms with Gasteiger partial charge in [-0.1, -0.05) is 23.7 Å². The third-order valence-corrected chi connectivity index (χ3v) is 6.35. The van der Waals surface area contributed by atoms with Crippen LogP contribution in [0.2, 0.25) is 5.02 Å². The maximum absolute atomic E-state index is 13.0. The third kappa shape index (κ3) is 5.48. The molecule has 0 N–H and O–H groups in total. The van der Waals surface area contributed by atoms with E-state index >= 15 is 0 Å². The topological polar surface area (TPSA) is 41.5 Å². The summed E-state index contributed by atoms with van der Waals surface area (Å²) >= 11 is 6.01. The van der Waals surface area contributed by atoms with E-state index in [4.69, 9.17) is 16.3 Å². The standard InChI is InChI=1S/C22H26ClF3N4O/c1-15-12-30(19(13-31-15)10-16-2-4-17(23)5-3-16)18-6-8-29(9-7-18)21-11-20(22(24,25)26)27-14-28-21/h2-5,11,14-15,18-19H,6-10,12-13H2,1H3/t15-,19-/m0/s1. The summed E-state index contributed by atoms with van der Waals surface area (Å²) < 4.78 is 44.9. The fourth-order valence-corrected chi connectivity index (χ4v) is 4.61. The van der Waals surface area contributed by atoms with Gasteiger partial charge in [-0.05, 0) is 43.9 Å². The van der Waals surface area contributed by atoms with Gasteiger partial charge in [-0.25, -0.2) is 9.97 Å². The number of hydrogen-bond acceptors (Lipinski definition) is 5. The number of aromatic nitrogens is 2. The van der Waals surface area contributed by atoms with Crippen LogP contribution in [0.15, 0.2) is 36.7 Å². The van der Waals surface area contributed by atoms with E-state index in [0.29, 0.717) is 31.6 Å². The molecule has 2 aliphatic rings. The highest BCUT2D eigenvalue weighted by Crippen LogP contribution is 2.31. The van der Waals surface area contributed by atoms with Gasteiger partial charge in [0.15, 0.2) is 0 Å². The molecule has 2 saturated heterocycles. The minimum atomic E-state index is -4.46. The normalized spacial score (nSPS) is 23.8. The first-order valence-electron chi connectivity index (χ1n) is 10.6. The van der Waals surface area contributed by atoms with Crippen LogP contribution in [0, 0.1) is 0 Å². The van der Waals surface area contributed by atoms with Crippen LogP contribution >= 0.6 is 11.6 Å². The van der Waals surface area contributed by atoms with Crippen molar-refractivity contribution in [2.24, 2.45) is 0 Å². The molecule has 4 rings (SSSR count). The highest BCUT2D eigenvalue weighted by Gasteiger charge is 2.36. The van der Waals surface area contributed by atoms with Crippen LogP contribution in [-0.2, 0) is 17.3 Å². The Labute approximate surface area is 185 Å². The second-order valence-corrected chi connectivity index (χ2v) is 8.74. The number of halogens is 4. The van der Waals surface area contributed by atoms with Crippen molar-refractivity contribution in [1.29, 1.82) is 0 Å². The summed E-state index contributed by atoms with van der Waals surface area (Å²) in [6.45, 7) is 4.94. The van der Waals surface area contributed by atoms with E-state index in [0.717, 1.165) is 43.2 Å². The average molecular weight is 455 g/mol. The van der Waals surface area contributed by atoms with Gasteiger partial charge in [0.05, 0.1) is 12.7 Å². The first kappa shape index (κ1) is 22.3. The zero-order valence-corrected chi connectivity index (χ0v) is 18.1. The number of ether oxygens (including phenoxy) is 1. The molecule has 1 aromatic heterocycles. The van der Waals surface area contributed by atoms with Crippen molar-refractivity contribution >= 4 is 17.4 Å². The van der Waals surface area contributed by atoms with Crippen molar-refractivity contribution in [3.8, 4) is 0 Å². The van der Waals surface area contributed by atoms with Gasteiger partial charge < -0.3 is 9.64 Å². The molecule has 31 heavy (non-hydrogen) atoms. The number of hydrogen-bond donors (Lipinski definition) is 0. The van der Waals surface area contributed by atoms with Gasteiger partial charge in [-0.2, -0.15) is 13.2 Å². The van der Waals surface area contributed by atoms with Gasteiger partial charge in [0.1, 0.15) is 17.8 Å². The lowest BCUT2D eigenvalue weighted by Crippen LogP contribution is -2.56. The number of morpholine rings is 1. The molecule has 2 atom stereocenters. The molecule has 0 bridgehead atoms. The van der Waals surface area contributed by atoms with Crippen molar-refractivity contribution in [3.05, 3.63) is 52.9 Å². The summed E-state index contributed by atoms with van der Waals surface area (Å²) in [6.07, 6.45) is -0.684. The Morgan fingerprint density at radius 3 is 2.52 bits per heavy atom. The van der Waals surface area contributed by atoms with Gasteiger partial charge in [0.25, 0.3) is 0 Å². The molecule has 0 unspecified atom stereocenters. The lowest BCUT2D eigenvalue weighted by atomic mass is 9.96. The van der Waals surface area contributed by atoms with Crippen molar-refractivity contribution in [3.63, 3.8) is 0 Å². The van der Waals surface area contributed by atoms with Crippen LogP contribution in [0.4, 0.5) is 19.0 Å². The zero-order valence-electron chi connectivity index (χ0n) is 17.4. The van der Waals surface area contributed by atoms with Crippen molar-refractivity contribution in [2.75, 3.05) is 31.1 Å². The van der Waals surface area contributed by atoms with Gasteiger partial charge in [0, 0.05) is 42.8 Å². The van der Waals surface area contributed by atoms with E-state index in [9.17, 15) is 13.2 Å². The van der Waals surface area contributed by atoms with Crippen LogP contribution in [-0.4, -0.2) is 59.3 Å². The fraction of sp³-hybridized carbons (Fsp3) is 0.545. The predicted octanol–water partition coefficient (Wildman–Crippen LogP) is 4.45. The van der Waals surface area contributed by atoms with Crippen LogP contribution in [0.5, 0.6) is 0 Å². The van der Waals surface area contributed by atoms with Crippen molar-refractivity contribution < 1.29 is 17.9 Å². The molecule has 0 spiro atoms. The van der Waals surface area contributed by atoms with Crippen LogP contribution in [0.25, 0.3) is 0 Å². The molecule has 2 fully saturated rings. The van der Waals surface area contributed by atoms with E-state index in [1.807, 2.05) is 17.0 Å². The average Bonchev–Trinajstić information content (AvgIpc) is 2.76. The molecular formula is C22H26ClF3N4O. The van der Waals surface area contributed by atoms with Crippen LogP contribution < -0.4 is 4.90 Å². The van der Waals surface area contributed by atoms with Gasteiger partial charge >= 0.3 is 6.18 Å². The molecule has 0 aliphatic carbocycles. The second-order valence-electron chi connectivity index (χ2n) is 8.30. The van der Waals surface area contributed by atoms with E-state index in [1.54, 1.807) is 0 Å². The van der Waals surface area contributed by atoms with Crippen LogP contribution in [0.3, 0.4) is 0 Å². The Morgan fingerprint density at radius 2 is 1.84 bits per heavy atom. The molecule has 9 heteroatoms. The summed E-state index contributed by atoms with van der Waals surface area (Å²) in [5.41, 5.74) is 0.320. The smallest absolute Gasteiger partial charge is 0.376 e. The van der Waals surface area contributed by atoms with E-state index in [1.165, 1.54) is 5.56 Å². The number of piperidine rings is 1. The summed E-state index contributed by atoms with van der Waals surface area (Å²) in [6, 6.07) is 9.59. The molecule has 0 radical (unpaired) electrons. The Morgan fingerprint density at radius 1 is 1.13 bits per heavy atom. The predicted molar refractivity (Wildman–Crippen MR) is 113 cm³/mol. The van der Waals surface area contributed by atoms with Gasteiger partial charge in [-0.3, -0.25) is 4.90 Å². The lowest BCUT2D eigenvalue weighted by molar-refractivity contribution is -0.141. The second kappa shape index (κ2) is 9.30. The molecule has 5 nitrogen and oxygen atoms in total. The summed E-state index contributed by atoms with van der Waals surface area (Å²) in [4.78, 5) is 11.9. The number of alkyl halides is 3. The molecule has 2 aliphatic heterocycles. The number of rotatable bonds is 4. The Hall–Kier alpha value is -1.90. The largest absolute Gasteiger partial charge is 0.433 e. The number of benzene rings is 1. The maximum atomic E-state index is 13.0. The summed E-state index contributed by atoms with van der Waals surface area (Å²) in [7, 11) is 0. The van der Waals surface area contributed by atoms with E-state index < -0.39 is 11.9 Å². The first-order valence-corrected chi connectivity index (χ1v) is 10.9. The van der Waals surface area contributed by atoms with E-state index in [2.05, 4.69) is 33.9 Å². The molecule has 3 heterocycles. The summed E-state index contributed by atoms with van der Waals surface area (Å²) in [5.74, 6) is 0.342. The summed E-state index contributed by atoms with van der Waals surface area (Å²) in [5, 5.41) is 0.722. The van der Waals surface area contributed by atoms with Crippen molar-refractivity contribution in [1.82, 2.24) is 14.9 Å². The lowest BCUT2D eigenvalue weighted by Gasteiger charge is -2.46. The molecule has 2 aromatic rings. The molecule has 0 saturated carbocycles. The zero-order chi connectivity index (χ0) is 22.0. The third-order valence-electron chi connectivity index (χ3n) is 6.10. The van der Waals surface area contributed by atoms with Crippen LogP contribution in [0.1, 0.15) is 31.0 Å². The molecular weight excluding hydrogens is 429 g/mol. The van der Waals surface area contributed by atoms with E-state index in [-0.39, 0.29) is 12.1 Å². The highest BCUT2D eigenvalue weighted by atomic mass is 35.5. The first-order chi connectivity index (χ1) is 14.8. The number of nitrogens with zero attached hydrogens (tertiary/aromatic N) is 4. The minimum Gasteiger partial charge on any atom is -0.376 e. The Kier molecular flexibility index (Phi) is 6.69. The molecule has 168 valence electrons. The quantitative estimate of drug-likeness (QED) is 0.682. The Balaban J connectivity index is 1.41. The SMILES string of the molecule is C[C@H]1CN(C2CCN(c3cc(C(F)(F)F)ncn3)CC2)[C@@H](Cc2ccc(Cl)cc2)CO1. The monoisotopic (exact) mass is 454 g/mol. The molecule has 1 aromatic carbocycles.